The molecule has 1 aromatic rings. The van der Waals surface area contributed by atoms with Crippen LogP contribution in [0.1, 0.15) is 32.3 Å². The SMILES string of the molecule is COCC(C(=O)O)(C1CC1)N(C(=O)OCc1ccccc1)C(C)C. The molecule has 1 saturated carbocycles. The van der Waals surface area contributed by atoms with Gasteiger partial charge < -0.3 is 14.6 Å². The maximum atomic E-state index is 12.7. The summed E-state index contributed by atoms with van der Waals surface area (Å²) in [5, 5.41) is 9.89. The fourth-order valence-corrected chi connectivity index (χ4v) is 3.13. The van der Waals surface area contributed by atoms with Crippen LogP contribution in [0.5, 0.6) is 0 Å². The summed E-state index contributed by atoms with van der Waals surface area (Å²) in [6.07, 6.45) is 0.913. The molecule has 0 aromatic heterocycles. The van der Waals surface area contributed by atoms with Gasteiger partial charge in [-0.3, -0.25) is 4.90 Å². The molecule has 1 aliphatic rings. The molecule has 1 unspecified atom stereocenters. The summed E-state index contributed by atoms with van der Waals surface area (Å²) in [4.78, 5) is 26.1. The molecule has 0 radical (unpaired) electrons. The lowest BCUT2D eigenvalue weighted by atomic mass is 9.90. The number of hydrogen-bond acceptors (Lipinski definition) is 4. The van der Waals surface area contributed by atoms with Crippen molar-refractivity contribution < 1.29 is 24.2 Å². The Morgan fingerprint density at radius 1 is 1.29 bits per heavy atom. The van der Waals surface area contributed by atoms with Crippen LogP contribution in [0.2, 0.25) is 0 Å². The van der Waals surface area contributed by atoms with E-state index in [1.807, 2.05) is 30.3 Å². The van der Waals surface area contributed by atoms with Crippen molar-refractivity contribution in [3.63, 3.8) is 0 Å². The van der Waals surface area contributed by atoms with E-state index in [2.05, 4.69) is 0 Å². The minimum Gasteiger partial charge on any atom is -0.479 e. The maximum Gasteiger partial charge on any atom is 0.411 e. The highest BCUT2D eigenvalue weighted by atomic mass is 16.6. The van der Waals surface area contributed by atoms with Gasteiger partial charge in [-0.15, -0.1) is 0 Å². The van der Waals surface area contributed by atoms with Crippen molar-refractivity contribution >= 4 is 12.1 Å². The third-order valence-electron chi connectivity index (χ3n) is 4.34. The minimum absolute atomic E-state index is 0.0500. The number of nitrogens with zero attached hydrogens (tertiary/aromatic N) is 1. The molecule has 1 N–H and O–H groups in total. The number of carboxylic acids is 1. The van der Waals surface area contributed by atoms with Gasteiger partial charge in [0.15, 0.2) is 5.54 Å². The Kier molecular flexibility index (Phi) is 5.83. The number of benzene rings is 1. The van der Waals surface area contributed by atoms with Crippen molar-refractivity contribution in [1.29, 1.82) is 0 Å². The third kappa shape index (κ3) is 3.70. The van der Waals surface area contributed by atoms with Crippen LogP contribution < -0.4 is 0 Å². The second kappa shape index (κ2) is 7.66. The molecule has 1 aliphatic carbocycles. The predicted molar refractivity (Wildman–Crippen MR) is 88.6 cm³/mol. The van der Waals surface area contributed by atoms with Crippen molar-refractivity contribution in [2.24, 2.45) is 5.92 Å². The Morgan fingerprint density at radius 3 is 2.38 bits per heavy atom. The summed E-state index contributed by atoms with van der Waals surface area (Å²) in [7, 11) is 1.45. The van der Waals surface area contributed by atoms with Crippen LogP contribution in [-0.4, -0.2) is 47.4 Å². The van der Waals surface area contributed by atoms with E-state index in [9.17, 15) is 14.7 Å². The molecule has 0 aliphatic heterocycles. The molecule has 24 heavy (non-hydrogen) atoms. The zero-order valence-corrected chi connectivity index (χ0v) is 14.4. The Bertz CT molecular complexity index is 570. The van der Waals surface area contributed by atoms with Crippen LogP contribution in [0.4, 0.5) is 4.79 Å². The largest absolute Gasteiger partial charge is 0.479 e. The number of rotatable bonds is 8. The van der Waals surface area contributed by atoms with Gasteiger partial charge in [-0.1, -0.05) is 30.3 Å². The topological polar surface area (TPSA) is 76.1 Å². The van der Waals surface area contributed by atoms with E-state index in [0.717, 1.165) is 18.4 Å². The van der Waals surface area contributed by atoms with E-state index in [-0.39, 0.29) is 25.2 Å². The first-order chi connectivity index (χ1) is 11.4. The van der Waals surface area contributed by atoms with Crippen LogP contribution >= 0.6 is 0 Å². The molecule has 132 valence electrons. The first-order valence-corrected chi connectivity index (χ1v) is 8.15. The minimum atomic E-state index is -1.38. The summed E-state index contributed by atoms with van der Waals surface area (Å²) in [5.41, 5.74) is -0.523. The number of methoxy groups -OCH3 is 1. The standard InChI is InChI=1S/C18H25NO5/c1-13(2)19(17(22)24-11-14-7-5-4-6-8-14)18(12-23-3,16(20)21)15-9-10-15/h4-8,13,15H,9-12H2,1-3H3,(H,20,21). The molecular weight excluding hydrogens is 310 g/mol. The maximum absolute atomic E-state index is 12.7. The molecule has 6 nitrogen and oxygen atoms in total. The van der Waals surface area contributed by atoms with E-state index in [4.69, 9.17) is 9.47 Å². The molecule has 0 spiro atoms. The molecule has 0 bridgehead atoms. The summed E-state index contributed by atoms with van der Waals surface area (Å²) in [6.45, 7) is 3.64. The van der Waals surface area contributed by atoms with E-state index in [1.54, 1.807) is 13.8 Å². The van der Waals surface area contributed by atoms with Gasteiger partial charge in [-0.25, -0.2) is 9.59 Å². The van der Waals surface area contributed by atoms with E-state index >= 15 is 0 Å². The number of carbonyl (C=O) groups is 2. The summed E-state index contributed by atoms with van der Waals surface area (Å²) >= 11 is 0. The Balaban J connectivity index is 2.22. The number of ether oxygens (including phenoxy) is 2. The predicted octanol–water partition coefficient (Wildman–Crippen LogP) is 2.91. The van der Waals surface area contributed by atoms with Gasteiger partial charge in [0.05, 0.1) is 6.61 Å². The van der Waals surface area contributed by atoms with Crippen molar-refractivity contribution in [2.45, 2.75) is 44.9 Å². The third-order valence-corrected chi connectivity index (χ3v) is 4.34. The number of amides is 1. The van der Waals surface area contributed by atoms with Gasteiger partial charge in [0.25, 0.3) is 0 Å². The average molecular weight is 335 g/mol. The van der Waals surface area contributed by atoms with Crippen LogP contribution in [0.25, 0.3) is 0 Å². The quantitative estimate of drug-likeness (QED) is 0.790. The van der Waals surface area contributed by atoms with Crippen molar-refractivity contribution in [3.8, 4) is 0 Å². The number of hydrogen-bond donors (Lipinski definition) is 1. The highest BCUT2D eigenvalue weighted by Gasteiger charge is 2.58. The van der Waals surface area contributed by atoms with Crippen LogP contribution in [0, 0.1) is 5.92 Å². The van der Waals surface area contributed by atoms with Gasteiger partial charge in [0.1, 0.15) is 6.61 Å². The summed E-state index contributed by atoms with van der Waals surface area (Å²) in [6, 6.07) is 8.99. The summed E-state index contributed by atoms with van der Waals surface area (Å²) < 4.78 is 10.6. The molecule has 1 atom stereocenters. The van der Waals surface area contributed by atoms with E-state index in [0.29, 0.717) is 0 Å². The molecule has 2 rings (SSSR count). The van der Waals surface area contributed by atoms with Crippen molar-refractivity contribution in [2.75, 3.05) is 13.7 Å². The van der Waals surface area contributed by atoms with E-state index < -0.39 is 17.6 Å². The smallest absolute Gasteiger partial charge is 0.411 e. The average Bonchev–Trinajstić information content (AvgIpc) is 3.38. The molecular formula is C18H25NO5. The summed E-state index contributed by atoms with van der Waals surface area (Å²) in [5.74, 6) is -1.15. The van der Waals surface area contributed by atoms with Gasteiger partial charge in [0, 0.05) is 13.2 Å². The molecule has 0 saturated heterocycles. The first kappa shape index (κ1) is 18.3. The lowest BCUT2D eigenvalue weighted by molar-refractivity contribution is -0.158. The zero-order valence-electron chi connectivity index (χ0n) is 14.4. The van der Waals surface area contributed by atoms with Crippen LogP contribution in [0.15, 0.2) is 30.3 Å². The number of aliphatic carboxylic acids is 1. The van der Waals surface area contributed by atoms with Crippen molar-refractivity contribution in [3.05, 3.63) is 35.9 Å². The highest BCUT2D eigenvalue weighted by Crippen LogP contribution is 2.45. The van der Waals surface area contributed by atoms with E-state index in [1.165, 1.54) is 12.0 Å². The second-order valence-corrected chi connectivity index (χ2v) is 6.44. The zero-order chi connectivity index (χ0) is 17.7. The molecule has 6 heteroatoms. The number of carbonyl (C=O) groups excluding carboxylic acids is 1. The first-order valence-electron chi connectivity index (χ1n) is 8.15. The second-order valence-electron chi connectivity index (χ2n) is 6.44. The Labute approximate surface area is 142 Å². The monoisotopic (exact) mass is 335 g/mol. The molecule has 1 amide bonds. The number of carboxylic acid groups (broad SMARTS) is 1. The molecule has 1 fully saturated rings. The lowest BCUT2D eigenvalue weighted by Crippen LogP contribution is -2.63. The van der Waals surface area contributed by atoms with Crippen LogP contribution in [-0.2, 0) is 20.9 Å². The fourth-order valence-electron chi connectivity index (χ4n) is 3.13. The highest BCUT2D eigenvalue weighted by molar-refractivity contribution is 5.85. The fraction of sp³-hybridized carbons (Fsp3) is 0.556. The molecule has 1 aromatic carbocycles. The lowest BCUT2D eigenvalue weighted by Gasteiger charge is -2.42. The van der Waals surface area contributed by atoms with Gasteiger partial charge in [-0.05, 0) is 38.2 Å². The van der Waals surface area contributed by atoms with Gasteiger partial charge in [0.2, 0.25) is 0 Å². The molecule has 0 heterocycles. The van der Waals surface area contributed by atoms with Gasteiger partial charge in [-0.2, -0.15) is 0 Å². The Hall–Kier alpha value is -2.08. The Morgan fingerprint density at radius 2 is 1.92 bits per heavy atom. The van der Waals surface area contributed by atoms with Crippen molar-refractivity contribution in [1.82, 2.24) is 4.90 Å². The van der Waals surface area contributed by atoms with Crippen LogP contribution in [0.3, 0.4) is 0 Å². The normalized spacial score (nSPS) is 16.5. The van der Waals surface area contributed by atoms with Gasteiger partial charge >= 0.3 is 12.1 Å².